The number of nitrogens with one attached hydrogen (secondary N) is 1. The third kappa shape index (κ3) is 4.83. The number of hydrogen-bond acceptors (Lipinski definition) is 5. The molecular weight excluding hydrogens is 507 g/mol. The van der Waals surface area contributed by atoms with Gasteiger partial charge in [-0.25, -0.2) is 9.18 Å². The van der Waals surface area contributed by atoms with Crippen LogP contribution in [-0.4, -0.2) is 67.4 Å². The van der Waals surface area contributed by atoms with Gasteiger partial charge >= 0.3 is 16.2 Å². The van der Waals surface area contributed by atoms with Gasteiger partial charge in [0.05, 0.1) is 17.9 Å². The Hall–Kier alpha value is -3.21. The van der Waals surface area contributed by atoms with Crippen molar-refractivity contribution < 1.29 is 22.3 Å². The zero-order valence-corrected chi connectivity index (χ0v) is 22.7. The second kappa shape index (κ2) is 10.5. The van der Waals surface area contributed by atoms with Crippen LogP contribution in [0.25, 0.3) is 16.5 Å². The minimum atomic E-state index is -3.84. The fourth-order valence-electron chi connectivity index (χ4n) is 5.31. The third-order valence-corrected chi connectivity index (χ3v) is 9.31. The standard InChI is InChI=1S/C28H33FN4O4S/c1-4-37-28(34)24-7-5-6-21-18-33(19(2)3)38(35,36)32(27(21)24)15-14-31-12-10-20(11-13-31)25-17-30-26-16-22(29)8-9-23(25)26/h5-10,16-17,19,30H,4,11-15,18H2,1-3H3. The molecule has 0 atom stereocenters. The SMILES string of the molecule is CCOC(=O)c1cccc2c1N(CCN1CC=C(c3c[nH]c4cc(F)ccc34)CC1)S(=O)(=O)N(C(C)C)C2. The highest BCUT2D eigenvalue weighted by atomic mass is 32.2. The average Bonchev–Trinajstić information content (AvgIpc) is 3.30. The van der Waals surface area contributed by atoms with E-state index in [0.29, 0.717) is 18.8 Å². The molecule has 0 saturated heterocycles. The molecule has 0 amide bonds. The van der Waals surface area contributed by atoms with Crippen molar-refractivity contribution >= 4 is 38.3 Å². The lowest BCUT2D eigenvalue weighted by Crippen LogP contribution is -2.52. The van der Waals surface area contributed by atoms with Crippen LogP contribution in [0, 0.1) is 5.82 Å². The van der Waals surface area contributed by atoms with Crippen LogP contribution in [0.5, 0.6) is 0 Å². The topological polar surface area (TPSA) is 86.0 Å². The molecule has 1 aromatic heterocycles. The highest BCUT2D eigenvalue weighted by Gasteiger charge is 2.40. The summed E-state index contributed by atoms with van der Waals surface area (Å²) in [5, 5.41) is 0.988. The summed E-state index contributed by atoms with van der Waals surface area (Å²) in [6.07, 6.45) is 4.86. The Balaban J connectivity index is 1.38. The van der Waals surface area contributed by atoms with E-state index >= 15 is 0 Å². The number of benzene rings is 2. The van der Waals surface area contributed by atoms with Gasteiger partial charge in [0.25, 0.3) is 0 Å². The molecular formula is C28H33FN4O4S. The minimum absolute atomic E-state index is 0.210. The van der Waals surface area contributed by atoms with Crippen molar-refractivity contribution in [1.82, 2.24) is 14.2 Å². The lowest BCUT2D eigenvalue weighted by Gasteiger charge is -2.40. The van der Waals surface area contributed by atoms with Crippen molar-refractivity contribution in [3.63, 3.8) is 0 Å². The normalized spacial score (nSPS) is 18.0. The highest BCUT2D eigenvalue weighted by Crippen LogP contribution is 2.37. The van der Waals surface area contributed by atoms with Crippen LogP contribution in [0.2, 0.25) is 0 Å². The van der Waals surface area contributed by atoms with E-state index in [2.05, 4.69) is 16.0 Å². The van der Waals surface area contributed by atoms with Gasteiger partial charge in [0.15, 0.2) is 0 Å². The van der Waals surface area contributed by atoms with Gasteiger partial charge in [0, 0.05) is 61.4 Å². The van der Waals surface area contributed by atoms with Gasteiger partial charge in [-0.15, -0.1) is 0 Å². The van der Waals surface area contributed by atoms with Gasteiger partial charge in [0.2, 0.25) is 0 Å². The summed E-state index contributed by atoms with van der Waals surface area (Å²) >= 11 is 0. The molecule has 10 heteroatoms. The smallest absolute Gasteiger partial charge is 0.340 e. The first-order valence-electron chi connectivity index (χ1n) is 13.0. The van der Waals surface area contributed by atoms with Crippen molar-refractivity contribution in [1.29, 1.82) is 0 Å². The molecule has 1 N–H and O–H groups in total. The third-order valence-electron chi connectivity index (χ3n) is 7.24. The summed E-state index contributed by atoms with van der Waals surface area (Å²) in [6, 6.07) is 9.81. The largest absolute Gasteiger partial charge is 0.462 e. The maximum absolute atomic E-state index is 13.7. The number of ether oxygens (including phenoxy) is 1. The predicted molar refractivity (Wildman–Crippen MR) is 147 cm³/mol. The summed E-state index contributed by atoms with van der Waals surface area (Å²) < 4.78 is 49.1. The molecule has 2 aromatic carbocycles. The number of rotatable bonds is 7. The quantitative estimate of drug-likeness (QED) is 0.445. The second-order valence-corrected chi connectivity index (χ2v) is 11.7. The molecule has 8 nitrogen and oxygen atoms in total. The molecule has 0 unspecified atom stereocenters. The summed E-state index contributed by atoms with van der Waals surface area (Å²) in [4.78, 5) is 18.1. The van der Waals surface area contributed by atoms with E-state index in [1.165, 1.54) is 26.3 Å². The van der Waals surface area contributed by atoms with Gasteiger partial charge in [-0.05, 0) is 62.6 Å². The van der Waals surface area contributed by atoms with Gasteiger partial charge in [0.1, 0.15) is 5.82 Å². The number of aromatic amines is 1. The first-order valence-corrected chi connectivity index (χ1v) is 14.4. The first kappa shape index (κ1) is 26.4. The lowest BCUT2D eigenvalue weighted by atomic mass is 9.99. The van der Waals surface area contributed by atoms with E-state index in [-0.39, 0.29) is 37.1 Å². The number of para-hydroxylation sites is 1. The number of esters is 1. The van der Waals surface area contributed by atoms with E-state index in [1.54, 1.807) is 25.1 Å². The number of carbonyl (C=O) groups is 1. The van der Waals surface area contributed by atoms with Gasteiger partial charge in [-0.1, -0.05) is 18.2 Å². The van der Waals surface area contributed by atoms with Crippen molar-refractivity contribution in [2.75, 3.05) is 37.1 Å². The summed E-state index contributed by atoms with van der Waals surface area (Å²) in [5.41, 5.74) is 4.50. The number of H-pyrrole nitrogens is 1. The molecule has 3 heterocycles. The molecule has 38 heavy (non-hydrogen) atoms. The monoisotopic (exact) mass is 540 g/mol. The Morgan fingerprint density at radius 3 is 2.71 bits per heavy atom. The van der Waals surface area contributed by atoms with Crippen LogP contribution in [-0.2, 0) is 21.5 Å². The second-order valence-electron chi connectivity index (χ2n) is 9.92. The van der Waals surface area contributed by atoms with Crippen LogP contribution in [0.4, 0.5) is 10.1 Å². The van der Waals surface area contributed by atoms with E-state index in [1.807, 2.05) is 26.1 Å². The summed E-state index contributed by atoms with van der Waals surface area (Å²) in [7, 11) is -3.84. The molecule has 5 rings (SSSR count). The number of nitrogens with zero attached hydrogens (tertiary/aromatic N) is 3. The highest BCUT2D eigenvalue weighted by molar-refractivity contribution is 7.90. The number of halogens is 1. The van der Waals surface area contributed by atoms with Crippen LogP contribution >= 0.6 is 0 Å². The number of hydrogen-bond donors (Lipinski definition) is 1. The predicted octanol–water partition coefficient (Wildman–Crippen LogP) is 4.55. The van der Waals surface area contributed by atoms with Gasteiger partial charge in [-0.2, -0.15) is 12.7 Å². The van der Waals surface area contributed by atoms with Crippen LogP contribution < -0.4 is 4.31 Å². The summed E-state index contributed by atoms with van der Waals surface area (Å²) in [6.45, 7) is 8.00. The van der Waals surface area contributed by atoms with Crippen LogP contribution in [0.3, 0.4) is 0 Å². The maximum Gasteiger partial charge on any atom is 0.340 e. The molecule has 0 aliphatic carbocycles. The van der Waals surface area contributed by atoms with Gasteiger partial charge < -0.3 is 9.72 Å². The zero-order chi connectivity index (χ0) is 27.0. The fraction of sp³-hybridized carbons (Fsp3) is 0.393. The Bertz CT molecular complexity index is 1500. The first-order chi connectivity index (χ1) is 18.2. The Labute approximate surface area is 222 Å². The number of carbonyl (C=O) groups excluding carboxylic acids is 1. The lowest BCUT2D eigenvalue weighted by molar-refractivity contribution is 0.0527. The Morgan fingerprint density at radius 1 is 1.18 bits per heavy atom. The summed E-state index contributed by atoms with van der Waals surface area (Å²) in [5.74, 6) is -0.794. The molecule has 0 spiro atoms. The molecule has 0 fully saturated rings. The van der Waals surface area contributed by atoms with Crippen molar-refractivity contribution in [2.24, 2.45) is 0 Å². The number of anilines is 1. The van der Waals surface area contributed by atoms with E-state index in [0.717, 1.165) is 35.0 Å². The van der Waals surface area contributed by atoms with Crippen LogP contribution in [0.1, 0.15) is 48.7 Å². The van der Waals surface area contributed by atoms with Crippen LogP contribution in [0.15, 0.2) is 48.7 Å². The Kier molecular flexibility index (Phi) is 7.30. The molecule has 202 valence electrons. The molecule has 0 saturated carbocycles. The van der Waals surface area contributed by atoms with Crippen molar-refractivity contribution in [2.45, 2.75) is 39.8 Å². The van der Waals surface area contributed by atoms with E-state index < -0.39 is 16.2 Å². The number of fused-ring (bicyclic) bond motifs is 2. The maximum atomic E-state index is 13.7. The average molecular weight is 541 g/mol. The Morgan fingerprint density at radius 2 is 2.00 bits per heavy atom. The van der Waals surface area contributed by atoms with E-state index in [9.17, 15) is 17.6 Å². The molecule has 0 bridgehead atoms. The van der Waals surface area contributed by atoms with Gasteiger partial charge in [-0.3, -0.25) is 9.21 Å². The molecule has 3 aromatic rings. The minimum Gasteiger partial charge on any atom is -0.462 e. The fourth-order valence-corrected chi connectivity index (χ4v) is 7.16. The van der Waals surface area contributed by atoms with Crippen molar-refractivity contribution in [3.05, 3.63) is 71.2 Å². The zero-order valence-electron chi connectivity index (χ0n) is 21.9. The number of aromatic nitrogens is 1. The van der Waals surface area contributed by atoms with E-state index in [4.69, 9.17) is 4.74 Å². The molecule has 2 aliphatic heterocycles. The molecule has 2 aliphatic rings. The van der Waals surface area contributed by atoms with Crippen molar-refractivity contribution in [3.8, 4) is 0 Å². The molecule has 0 radical (unpaired) electrons.